The van der Waals surface area contributed by atoms with Crippen molar-refractivity contribution in [2.45, 2.75) is 40.0 Å². The van der Waals surface area contributed by atoms with Gasteiger partial charge in [0, 0.05) is 34.8 Å². The van der Waals surface area contributed by atoms with Crippen LogP contribution in [0, 0.1) is 13.8 Å². The van der Waals surface area contributed by atoms with Crippen molar-refractivity contribution in [1.29, 1.82) is 0 Å². The number of aryl methyl sites for hydroxylation is 2. The van der Waals surface area contributed by atoms with Crippen LogP contribution in [-0.2, 0) is 0 Å². The number of rotatable bonds is 6. The first-order valence-corrected chi connectivity index (χ1v) is 11.2. The van der Waals surface area contributed by atoms with Gasteiger partial charge in [0.1, 0.15) is 23.8 Å². The quantitative estimate of drug-likeness (QED) is 0.364. The van der Waals surface area contributed by atoms with E-state index in [1.54, 1.807) is 29.7 Å². The summed E-state index contributed by atoms with van der Waals surface area (Å²) in [4.78, 5) is 25.4. The van der Waals surface area contributed by atoms with Crippen molar-refractivity contribution in [2.24, 2.45) is 0 Å². The second kappa shape index (κ2) is 9.84. The van der Waals surface area contributed by atoms with Gasteiger partial charge >= 0.3 is 12.2 Å². The highest BCUT2D eigenvalue weighted by atomic mass is 19.4. The maximum absolute atomic E-state index is 12.5. The number of anilines is 1. The maximum Gasteiger partial charge on any atom is 0.405 e. The van der Waals surface area contributed by atoms with Crippen LogP contribution in [0.2, 0.25) is 0 Å². The summed E-state index contributed by atoms with van der Waals surface area (Å²) < 4.78 is 45.0. The van der Waals surface area contributed by atoms with Crippen molar-refractivity contribution in [1.82, 2.24) is 24.7 Å². The Kier molecular flexibility index (Phi) is 6.82. The first-order chi connectivity index (χ1) is 17.0. The molecule has 0 aliphatic carbocycles. The van der Waals surface area contributed by atoms with Crippen molar-refractivity contribution in [3.05, 3.63) is 60.3 Å². The molecule has 4 aromatic rings. The van der Waals surface area contributed by atoms with Crippen molar-refractivity contribution < 1.29 is 22.7 Å². The molecule has 1 aromatic carbocycles. The van der Waals surface area contributed by atoms with Crippen molar-refractivity contribution in [2.75, 3.05) is 11.9 Å². The van der Waals surface area contributed by atoms with Crippen LogP contribution >= 0.6 is 0 Å². The molecular weight excluding hydrogens is 473 g/mol. The topological polar surface area (TPSA) is 93.4 Å². The van der Waals surface area contributed by atoms with E-state index in [4.69, 9.17) is 4.74 Å². The average molecular weight is 499 g/mol. The Bertz CT molecular complexity index is 1390. The number of pyridine rings is 1. The molecule has 4 rings (SSSR count). The third kappa shape index (κ3) is 6.09. The Morgan fingerprint density at radius 2 is 1.86 bits per heavy atom. The lowest BCUT2D eigenvalue weighted by atomic mass is 10.1. The molecule has 8 nitrogen and oxygen atoms in total. The number of nitrogens with zero attached hydrogens (tertiary/aromatic N) is 4. The number of urea groups is 1. The van der Waals surface area contributed by atoms with E-state index in [0.717, 1.165) is 17.0 Å². The van der Waals surface area contributed by atoms with E-state index in [1.165, 1.54) is 0 Å². The zero-order chi connectivity index (χ0) is 26.0. The molecule has 11 heteroatoms. The van der Waals surface area contributed by atoms with Gasteiger partial charge in [-0.25, -0.2) is 19.7 Å². The van der Waals surface area contributed by atoms with Crippen LogP contribution in [0.3, 0.4) is 0 Å². The second-order valence-corrected chi connectivity index (χ2v) is 8.56. The van der Waals surface area contributed by atoms with E-state index in [1.807, 2.05) is 56.5 Å². The molecule has 0 aliphatic heterocycles. The summed E-state index contributed by atoms with van der Waals surface area (Å²) in [5.41, 5.74) is 4.85. The summed E-state index contributed by atoms with van der Waals surface area (Å²) in [5, 5.41) is 4.25. The number of fused-ring (bicyclic) bond motifs is 1. The molecule has 36 heavy (non-hydrogen) atoms. The van der Waals surface area contributed by atoms with Crippen LogP contribution in [0.4, 0.5) is 23.7 Å². The van der Waals surface area contributed by atoms with E-state index in [2.05, 4.69) is 20.3 Å². The zero-order valence-corrected chi connectivity index (χ0v) is 20.1. The molecule has 0 atom stereocenters. The number of halogens is 3. The van der Waals surface area contributed by atoms with Crippen molar-refractivity contribution >= 4 is 17.4 Å². The maximum atomic E-state index is 12.5. The van der Waals surface area contributed by atoms with Crippen LogP contribution in [0.1, 0.15) is 25.4 Å². The molecule has 188 valence electrons. The number of ether oxygens (including phenoxy) is 1. The minimum atomic E-state index is -4.51. The van der Waals surface area contributed by atoms with Gasteiger partial charge in [-0.2, -0.15) is 13.2 Å². The number of hydrogen-bond donors (Lipinski definition) is 2. The molecule has 0 saturated carbocycles. The summed E-state index contributed by atoms with van der Waals surface area (Å²) in [6.07, 6.45) is -1.13. The molecule has 0 radical (unpaired) electrons. The first-order valence-electron chi connectivity index (χ1n) is 11.2. The molecular formula is C25H25F3N6O2. The number of aromatic nitrogens is 4. The van der Waals surface area contributed by atoms with Gasteiger partial charge in [-0.3, -0.25) is 4.40 Å². The van der Waals surface area contributed by atoms with Gasteiger partial charge in [0.05, 0.1) is 23.7 Å². The van der Waals surface area contributed by atoms with Gasteiger partial charge in [-0.1, -0.05) is 0 Å². The fourth-order valence-electron chi connectivity index (χ4n) is 3.73. The number of amides is 2. The Balaban J connectivity index is 1.68. The highest BCUT2D eigenvalue weighted by Gasteiger charge is 2.27. The van der Waals surface area contributed by atoms with Crippen LogP contribution < -0.4 is 15.4 Å². The molecule has 0 saturated heterocycles. The molecule has 3 aromatic heterocycles. The molecule has 0 bridgehead atoms. The molecule has 0 aliphatic rings. The fraction of sp³-hybridized carbons (Fsp3) is 0.280. The summed E-state index contributed by atoms with van der Waals surface area (Å²) in [5.74, 6) is 1.13. The number of imidazole rings is 1. The third-order valence-corrected chi connectivity index (χ3v) is 5.06. The standard InChI is InChI=1S/C25H25F3N6O2/c1-14(2)36-20-9-18(8-19(11-20)33-24(35)30-13-25(26,27)28)22-12-29-23-10-17(5-6-34(22)23)21-7-15(3)31-16(4)32-21/h5-12,14H,13H2,1-4H3,(H2,30,33,35). The number of hydrogen-bond acceptors (Lipinski definition) is 5. The van der Waals surface area contributed by atoms with Gasteiger partial charge in [0.25, 0.3) is 0 Å². The Morgan fingerprint density at radius 3 is 2.56 bits per heavy atom. The van der Waals surface area contributed by atoms with E-state index in [0.29, 0.717) is 28.5 Å². The highest BCUT2D eigenvalue weighted by Crippen LogP contribution is 2.31. The second-order valence-electron chi connectivity index (χ2n) is 8.56. The average Bonchev–Trinajstić information content (AvgIpc) is 3.19. The monoisotopic (exact) mass is 498 g/mol. The highest BCUT2D eigenvalue weighted by molar-refractivity contribution is 5.90. The number of benzene rings is 1. The fourth-order valence-corrected chi connectivity index (χ4v) is 3.73. The summed E-state index contributed by atoms with van der Waals surface area (Å²) >= 11 is 0. The lowest BCUT2D eigenvalue weighted by Crippen LogP contribution is -2.36. The number of carbonyl (C=O) groups is 1. The molecule has 2 N–H and O–H groups in total. The first kappa shape index (κ1) is 25.0. The predicted octanol–water partition coefficient (Wildman–Crippen LogP) is 5.55. The van der Waals surface area contributed by atoms with E-state index < -0.39 is 18.8 Å². The normalized spacial score (nSPS) is 11.7. The predicted molar refractivity (Wildman–Crippen MR) is 130 cm³/mol. The number of carbonyl (C=O) groups excluding carboxylic acids is 1. The van der Waals surface area contributed by atoms with Gasteiger partial charge in [-0.15, -0.1) is 0 Å². The molecule has 0 spiro atoms. The smallest absolute Gasteiger partial charge is 0.405 e. The van der Waals surface area contributed by atoms with Crippen molar-refractivity contribution in [3.63, 3.8) is 0 Å². The Morgan fingerprint density at radius 1 is 1.08 bits per heavy atom. The van der Waals surface area contributed by atoms with Crippen molar-refractivity contribution in [3.8, 4) is 28.3 Å². The largest absolute Gasteiger partial charge is 0.491 e. The van der Waals surface area contributed by atoms with Gasteiger partial charge < -0.3 is 15.4 Å². The van der Waals surface area contributed by atoms with E-state index in [-0.39, 0.29) is 11.8 Å². The molecule has 0 unspecified atom stereocenters. The van der Waals surface area contributed by atoms with Gasteiger partial charge in [0.2, 0.25) is 0 Å². The minimum Gasteiger partial charge on any atom is -0.491 e. The van der Waals surface area contributed by atoms with Crippen LogP contribution in [0.25, 0.3) is 28.2 Å². The lowest BCUT2D eigenvalue weighted by molar-refractivity contribution is -0.122. The summed E-state index contributed by atoms with van der Waals surface area (Å²) in [6.45, 7) is 6.01. The van der Waals surface area contributed by atoms with Crippen LogP contribution in [-0.4, -0.2) is 44.2 Å². The molecule has 0 fully saturated rings. The lowest BCUT2D eigenvalue weighted by Gasteiger charge is -2.15. The van der Waals surface area contributed by atoms with Crippen LogP contribution in [0.5, 0.6) is 5.75 Å². The summed E-state index contributed by atoms with van der Waals surface area (Å²) in [7, 11) is 0. The van der Waals surface area contributed by atoms with Gasteiger partial charge in [0.15, 0.2) is 0 Å². The van der Waals surface area contributed by atoms with Crippen LogP contribution in [0.15, 0.2) is 48.8 Å². The SMILES string of the molecule is Cc1cc(-c2ccn3c(-c4cc(NC(=O)NCC(F)(F)F)cc(OC(C)C)c4)cnc3c2)nc(C)n1. The van der Waals surface area contributed by atoms with E-state index in [9.17, 15) is 18.0 Å². The Hall–Kier alpha value is -4.15. The number of nitrogens with one attached hydrogen (secondary N) is 2. The third-order valence-electron chi connectivity index (χ3n) is 5.06. The van der Waals surface area contributed by atoms with Gasteiger partial charge in [-0.05, 0) is 58.0 Å². The van der Waals surface area contributed by atoms with E-state index >= 15 is 0 Å². The zero-order valence-electron chi connectivity index (χ0n) is 20.1. The number of alkyl halides is 3. The minimum absolute atomic E-state index is 0.156. The Labute approximate surface area is 205 Å². The molecule has 2 amide bonds. The summed E-state index contributed by atoms with van der Waals surface area (Å²) in [6, 6.07) is 9.73. The molecule has 3 heterocycles.